The molecule has 0 fully saturated rings. The fraction of sp³-hybridized carbons (Fsp3) is 0.364. The molecule has 0 atom stereocenters. The van der Waals surface area contributed by atoms with Crippen molar-refractivity contribution < 1.29 is 9.32 Å². The van der Waals surface area contributed by atoms with Crippen molar-refractivity contribution in [1.82, 2.24) is 20.3 Å². The second-order valence-corrected chi connectivity index (χ2v) is 3.97. The highest BCUT2D eigenvalue weighted by atomic mass is 16.5. The summed E-state index contributed by atoms with van der Waals surface area (Å²) in [4.78, 5) is 13.8. The number of nitrogens with one attached hydrogen (secondary N) is 1. The number of rotatable bonds is 3. The molecule has 0 spiro atoms. The smallest absolute Gasteiger partial charge is 0.259 e. The summed E-state index contributed by atoms with van der Waals surface area (Å²) in [5, 5.41) is 10.3. The number of carbonyl (C=O) groups excluding carboxylic acids is 1. The van der Waals surface area contributed by atoms with Gasteiger partial charge in [0, 0.05) is 25.4 Å². The highest BCUT2D eigenvalue weighted by Gasteiger charge is 2.21. The Morgan fingerprint density at radius 1 is 1.53 bits per heavy atom. The molecule has 2 heterocycles. The number of amides is 1. The zero-order valence-corrected chi connectivity index (χ0v) is 10.0. The molecular formula is C11H14N4O2. The summed E-state index contributed by atoms with van der Waals surface area (Å²) < 4.78 is 4.99. The third-order valence-electron chi connectivity index (χ3n) is 2.57. The molecule has 0 saturated heterocycles. The van der Waals surface area contributed by atoms with E-state index in [0.29, 0.717) is 23.6 Å². The van der Waals surface area contributed by atoms with E-state index in [0.717, 1.165) is 5.56 Å². The summed E-state index contributed by atoms with van der Waals surface area (Å²) in [6.07, 6.45) is 3.45. The van der Waals surface area contributed by atoms with E-state index in [2.05, 4.69) is 15.4 Å². The highest BCUT2D eigenvalue weighted by Crippen LogP contribution is 2.15. The Balaban J connectivity index is 2.15. The predicted octanol–water partition coefficient (Wildman–Crippen LogP) is 1.29. The number of carbonyl (C=O) groups is 1. The molecule has 6 nitrogen and oxygen atoms in total. The molecule has 2 aromatic rings. The normalized spacial score (nSPS) is 10.5. The number of H-pyrrole nitrogens is 1. The van der Waals surface area contributed by atoms with Crippen LogP contribution in [0.15, 0.2) is 16.9 Å². The van der Waals surface area contributed by atoms with Crippen LogP contribution in [0.5, 0.6) is 0 Å². The van der Waals surface area contributed by atoms with Crippen molar-refractivity contribution >= 4 is 5.91 Å². The van der Waals surface area contributed by atoms with Gasteiger partial charge in [-0.15, -0.1) is 0 Å². The Labute approximate surface area is 98.6 Å². The van der Waals surface area contributed by atoms with Crippen molar-refractivity contribution in [2.75, 3.05) is 7.05 Å². The maximum Gasteiger partial charge on any atom is 0.259 e. The van der Waals surface area contributed by atoms with E-state index in [-0.39, 0.29) is 5.91 Å². The van der Waals surface area contributed by atoms with Gasteiger partial charge in [0.25, 0.3) is 5.91 Å². The molecule has 0 saturated carbocycles. The number of nitrogens with zero attached hydrogens (tertiary/aromatic N) is 3. The molecule has 0 bridgehead atoms. The van der Waals surface area contributed by atoms with Crippen LogP contribution in [0.2, 0.25) is 0 Å². The first kappa shape index (κ1) is 11.4. The van der Waals surface area contributed by atoms with E-state index in [9.17, 15) is 4.79 Å². The van der Waals surface area contributed by atoms with Crippen LogP contribution in [0.1, 0.15) is 27.4 Å². The van der Waals surface area contributed by atoms with Gasteiger partial charge in [0.05, 0.1) is 11.9 Å². The van der Waals surface area contributed by atoms with Gasteiger partial charge in [-0.05, 0) is 13.8 Å². The Morgan fingerprint density at radius 3 is 2.82 bits per heavy atom. The minimum absolute atomic E-state index is 0.0950. The van der Waals surface area contributed by atoms with Crippen LogP contribution in [-0.4, -0.2) is 33.2 Å². The minimum Gasteiger partial charge on any atom is -0.361 e. The molecule has 1 N–H and O–H groups in total. The molecule has 90 valence electrons. The fourth-order valence-electron chi connectivity index (χ4n) is 1.69. The fourth-order valence-corrected chi connectivity index (χ4v) is 1.69. The molecule has 0 aliphatic carbocycles. The van der Waals surface area contributed by atoms with Gasteiger partial charge in [0.1, 0.15) is 11.3 Å². The quantitative estimate of drug-likeness (QED) is 0.868. The third-order valence-corrected chi connectivity index (χ3v) is 2.57. The molecule has 2 rings (SSSR count). The summed E-state index contributed by atoms with van der Waals surface area (Å²) in [5.74, 6) is 0.453. The lowest BCUT2D eigenvalue weighted by Gasteiger charge is -2.15. The van der Waals surface area contributed by atoms with Crippen LogP contribution in [-0.2, 0) is 6.54 Å². The van der Waals surface area contributed by atoms with E-state index in [4.69, 9.17) is 4.52 Å². The van der Waals surface area contributed by atoms with Gasteiger partial charge in [-0.25, -0.2) is 0 Å². The lowest BCUT2D eigenvalue weighted by Crippen LogP contribution is -2.26. The van der Waals surface area contributed by atoms with Gasteiger partial charge < -0.3 is 9.42 Å². The van der Waals surface area contributed by atoms with Gasteiger partial charge >= 0.3 is 0 Å². The summed E-state index contributed by atoms with van der Waals surface area (Å²) in [6.45, 7) is 3.99. The Hall–Kier alpha value is -2.11. The Morgan fingerprint density at radius 2 is 2.29 bits per heavy atom. The first-order chi connectivity index (χ1) is 8.09. The van der Waals surface area contributed by atoms with Gasteiger partial charge in [0.15, 0.2) is 0 Å². The number of aromatic nitrogens is 3. The van der Waals surface area contributed by atoms with Crippen LogP contribution in [0, 0.1) is 13.8 Å². The minimum atomic E-state index is -0.0950. The summed E-state index contributed by atoms with van der Waals surface area (Å²) in [5.41, 5.74) is 2.11. The van der Waals surface area contributed by atoms with E-state index in [1.54, 1.807) is 38.2 Å². The SMILES string of the molecule is Cc1noc(C)c1C(=O)N(C)Cc1cn[nH]c1. The first-order valence-electron chi connectivity index (χ1n) is 5.25. The second-order valence-electron chi connectivity index (χ2n) is 3.97. The lowest BCUT2D eigenvalue weighted by molar-refractivity contribution is 0.0783. The van der Waals surface area contributed by atoms with E-state index in [1.165, 1.54) is 0 Å². The number of aromatic amines is 1. The maximum absolute atomic E-state index is 12.2. The van der Waals surface area contributed by atoms with Crippen molar-refractivity contribution in [1.29, 1.82) is 0 Å². The Kier molecular flexibility index (Phi) is 2.95. The maximum atomic E-state index is 12.2. The van der Waals surface area contributed by atoms with Crippen LogP contribution < -0.4 is 0 Å². The summed E-state index contributed by atoms with van der Waals surface area (Å²) >= 11 is 0. The Bertz CT molecular complexity index is 496. The van der Waals surface area contributed by atoms with E-state index in [1.807, 2.05) is 0 Å². The number of hydrogen-bond acceptors (Lipinski definition) is 4. The van der Waals surface area contributed by atoms with Crippen LogP contribution in [0.4, 0.5) is 0 Å². The van der Waals surface area contributed by atoms with Crippen molar-refractivity contribution in [3.05, 3.63) is 35.0 Å². The first-order valence-corrected chi connectivity index (χ1v) is 5.25. The van der Waals surface area contributed by atoms with Crippen molar-refractivity contribution in [2.24, 2.45) is 0 Å². The van der Waals surface area contributed by atoms with E-state index < -0.39 is 0 Å². The zero-order valence-electron chi connectivity index (χ0n) is 10.0. The van der Waals surface area contributed by atoms with Crippen molar-refractivity contribution in [3.63, 3.8) is 0 Å². The molecule has 0 aromatic carbocycles. The molecule has 0 aliphatic heterocycles. The molecule has 0 unspecified atom stereocenters. The lowest BCUT2D eigenvalue weighted by atomic mass is 10.2. The standard InChI is InChI=1S/C11H14N4O2/c1-7-10(8(2)17-14-7)11(16)15(3)6-9-4-12-13-5-9/h4-5H,6H2,1-3H3,(H,12,13). The van der Waals surface area contributed by atoms with Crippen molar-refractivity contribution in [3.8, 4) is 0 Å². The highest BCUT2D eigenvalue weighted by molar-refractivity contribution is 5.95. The third kappa shape index (κ3) is 2.20. The zero-order chi connectivity index (χ0) is 12.4. The van der Waals surface area contributed by atoms with Crippen LogP contribution in [0.3, 0.4) is 0 Å². The summed E-state index contributed by atoms with van der Waals surface area (Å²) in [7, 11) is 1.74. The number of aryl methyl sites for hydroxylation is 2. The average Bonchev–Trinajstić information content (AvgIpc) is 2.89. The summed E-state index contributed by atoms with van der Waals surface area (Å²) in [6, 6.07) is 0. The monoisotopic (exact) mass is 234 g/mol. The topological polar surface area (TPSA) is 75.0 Å². The van der Waals surface area contributed by atoms with Gasteiger partial charge in [-0.2, -0.15) is 5.10 Å². The molecule has 2 aromatic heterocycles. The van der Waals surface area contributed by atoms with Crippen LogP contribution in [0.25, 0.3) is 0 Å². The molecule has 1 amide bonds. The van der Waals surface area contributed by atoms with Gasteiger partial charge in [0.2, 0.25) is 0 Å². The van der Waals surface area contributed by atoms with E-state index >= 15 is 0 Å². The molecule has 0 aliphatic rings. The number of hydrogen-bond donors (Lipinski definition) is 1. The second kappa shape index (κ2) is 4.40. The molecule has 0 radical (unpaired) electrons. The van der Waals surface area contributed by atoms with Crippen LogP contribution >= 0.6 is 0 Å². The van der Waals surface area contributed by atoms with Crippen molar-refractivity contribution in [2.45, 2.75) is 20.4 Å². The van der Waals surface area contributed by atoms with Gasteiger partial charge in [-0.1, -0.05) is 5.16 Å². The predicted molar refractivity (Wildman–Crippen MR) is 60.4 cm³/mol. The molecule has 6 heteroatoms. The average molecular weight is 234 g/mol. The van der Waals surface area contributed by atoms with Gasteiger partial charge in [-0.3, -0.25) is 9.89 Å². The molecular weight excluding hydrogens is 220 g/mol. The molecule has 17 heavy (non-hydrogen) atoms. The largest absolute Gasteiger partial charge is 0.361 e.